The average molecular weight is 216 g/mol. The first-order valence-electron chi connectivity index (χ1n) is 5.82. The molecule has 0 aromatic rings. The summed E-state index contributed by atoms with van der Waals surface area (Å²) in [4.78, 5) is 0. The first-order chi connectivity index (χ1) is 6.48. The molecule has 0 aliphatic carbocycles. The van der Waals surface area contributed by atoms with E-state index in [9.17, 15) is 0 Å². The van der Waals surface area contributed by atoms with Crippen LogP contribution < -0.4 is 0 Å². The molecule has 0 aromatic heterocycles. The third-order valence-electron chi connectivity index (χ3n) is 3.37. The van der Waals surface area contributed by atoms with Gasteiger partial charge in [-0.15, -0.1) is 0 Å². The van der Waals surface area contributed by atoms with Crippen LogP contribution in [0.5, 0.6) is 0 Å². The largest absolute Gasteiger partial charge is 0.377 e. The summed E-state index contributed by atoms with van der Waals surface area (Å²) >= 11 is 4.92. The van der Waals surface area contributed by atoms with Gasteiger partial charge in [0.15, 0.2) is 0 Å². The van der Waals surface area contributed by atoms with Gasteiger partial charge in [0.2, 0.25) is 0 Å². The molecule has 1 saturated heterocycles. The maximum absolute atomic E-state index is 5.96. The maximum atomic E-state index is 5.96. The van der Waals surface area contributed by atoms with Crippen LogP contribution in [0.3, 0.4) is 0 Å². The minimum Gasteiger partial charge on any atom is -0.377 e. The topological polar surface area (TPSA) is 9.23 Å². The van der Waals surface area contributed by atoms with Crippen molar-refractivity contribution in [2.24, 2.45) is 11.8 Å². The normalized spacial score (nSPS) is 34.9. The summed E-state index contributed by atoms with van der Waals surface area (Å²) in [6.45, 7) is 9.92. The molecular formula is C12H24OS. The molecule has 2 heteroatoms. The summed E-state index contributed by atoms with van der Waals surface area (Å²) in [6, 6.07) is 0. The van der Waals surface area contributed by atoms with Crippen molar-refractivity contribution in [1.29, 1.82) is 0 Å². The molecule has 0 N–H and O–H groups in total. The lowest BCUT2D eigenvalue weighted by Crippen LogP contribution is -2.45. The summed E-state index contributed by atoms with van der Waals surface area (Å²) in [5.41, 5.74) is 0. The van der Waals surface area contributed by atoms with Crippen LogP contribution in [0.15, 0.2) is 0 Å². The van der Waals surface area contributed by atoms with E-state index in [1.807, 2.05) is 0 Å². The van der Waals surface area contributed by atoms with Crippen LogP contribution in [-0.4, -0.2) is 17.5 Å². The van der Waals surface area contributed by atoms with Gasteiger partial charge in [0.05, 0.1) is 6.10 Å². The maximum Gasteiger partial charge on any atom is 0.0744 e. The van der Waals surface area contributed by atoms with E-state index in [0.29, 0.717) is 17.9 Å². The van der Waals surface area contributed by atoms with Crippen LogP contribution in [0.4, 0.5) is 0 Å². The molecule has 0 spiro atoms. The highest BCUT2D eigenvalue weighted by molar-refractivity contribution is 7.81. The zero-order valence-electron chi connectivity index (χ0n) is 9.92. The Morgan fingerprint density at radius 3 is 2.36 bits per heavy atom. The number of rotatable bonds is 2. The molecule has 84 valence electrons. The van der Waals surface area contributed by atoms with Gasteiger partial charge in [0.1, 0.15) is 0 Å². The molecule has 1 nitrogen and oxygen atoms in total. The standard InChI is InChI=1S/C12H24OS/c1-9(2)11-12(14,10(3)4)7-5-6-8-13-11/h9-11,14H,5-8H2,1-4H3. The molecule has 0 bridgehead atoms. The van der Waals surface area contributed by atoms with E-state index in [1.165, 1.54) is 19.3 Å². The van der Waals surface area contributed by atoms with E-state index >= 15 is 0 Å². The summed E-state index contributed by atoms with van der Waals surface area (Å²) in [5.74, 6) is 1.14. The van der Waals surface area contributed by atoms with Crippen molar-refractivity contribution < 1.29 is 4.74 Å². The molecule has 0 radical (unpaired) electrons. The quantitative estimate of drug-likeness (QED) is 0.695. The predicted octanol–water partition coefficient (Wildman–Crippen LogP) is 3.54. The van der Waals surface area contributed by atoms with Crippen LogP contribution in [0, 0.1) is 11.8 Å². The number of ether oxygens (including phenoxy) is 1. The Labute approximate surface area is 94.0 Å². The highest BCUT2D eigenvalue weighted by Gasteiger charge is 2.41. The van der Waals surface area contributed by atoms with Crippen LogP contribution in [0.1, 0.15) is 47.0 Å². The summed E-state index contributed by atoms with van der Waals surface area (Å²) in [5, 5.41) is 0. The molecule has 0 amide bonds. The van der Waals surface area contributed by atoms with Gasteiger partial charge in [-0.3, -0.25) is 0 Å². The van der Waals surface area contributed by atoms with Gasteiger partial charge in [-0.2, -0.15) is 12.6 Å². The van der Waals surface area contributed by atoms with Gasteiger partial charge in [0.25, 0.3) is 0 Å². The third kappa shape index (κ3) is 2.46. The number of hydrogen-bond donors (Lipinski definition) is 1. The van der Waals surface area contributed by atoms with Crippen molar-refractivity contribution in [3.63, 3.8) is 0 Å². The molecule has 14 heavy (non-hydrogen) atoms. The molecule has 1 aliphatic rings. The number of thiol groups is 1. The van der Waals surface area contributed by atoms with Crippen molar-refractivity contribution >= 4 is 12.6 Å². The molecule has 0 aromatic carbocycles. The van der Waals surface area contributed by atoms with Gasteiger partial charge in [-0.05, 0) is 31.1 Å². The van der Waals surface area contributed by atoms with Gasteiger partial charge >= 0.3 is 0 Å². The Bertz CT molecular complexity index is 179. The predicted molar refractivity (Wildman–Crippen MR) is 65.0 cm³/mol. The van der Waals surface area contributed by atoms with Crippen molar-refractivity contribution in [3.05, 3.63) is 0 Å². The van der Waals surface area contributed by atoms with Crippen molar-refractivity contribution in [3.8, 4) is 0 Å². The van der Waals surface area contributed by atoms with Crippen LogP contribution in [0.25, 0.3) is 0 Å². The summed E-state index contributed by atoms with van der Waals surface area (Å²) in [7, 11) is 0. The van der Waals surface area contributed by atoms with Gasteiger partial charge in [-0.1, -0.05) is 27.7 Å². The highest BCUT2D eigenvalue weighted by atomic mass is 32.1. The fourth-order valence-electron chi connectivity index (χ4n) is 2.39. The van der Waals surface area contributed by atoms with Crippen LogP contribution >= 0.6 is 12.6 Å². The summed E-state index contributed by atoms with van der Waals surface area (Å²) in [6.07, 6.45) is 3.95. The molecule has 1 fully saturated rings. The fraction of sp³-hybridized carbons (Fsp3) is 1.00. The third-order valence-corrected chi connectivity index (χ3v) is 4.36. The molecular weight excluding hydrogens is 192 g/mol. The minimum absolute atomic E-state index is 0.0741. The first-order valence-corrected chi connectivity index (χ1v) is 6.27. The SMILES string of the molecule is CC(C)C1OCCCCC1(S)C(C)C. The fourth-order valence-corrected chi connectivity index (χ4v) is 2.92. The van der Waals surface area contributed by atoms with E-state index in [4.69, 9.17) is 17.4 Å². The monoisotopic (exact) mass is 216 g/mol. The Hall–Kier alpha value is 0.310. The second-order valence-corrected chi connectivity index (χ2v) is 5.97. The van der Waals surface area contributed by atoms with Crippen LogP contribution in [-0.2, 0) is 4.74 Å². The van der Waals surface area contributed by atoms with Crippen molar-refractivity contribution in [1.82, 2.24) is 0 Å². The average Bonchev–Trinajstić information content (AvgIpc) is 2.27. The highest BCUT2D eigenvalue weighted by Crippen LogP contribution is 2.40. The van der Waals surface area contributed by atoms with Gasteiger partial charge in [0, 0.05) is 11.4 Å². The Balaban J connectivity index is 2.83. The molecule has 1 aliphatic heterocycles. The zero-order valence-corrected chi connectivity index (χ0v) is 10.8. The Morgan fingerprint density at radius 2 is 1.86 bits per heavy atom. The zero-order chi connectivity index (χ0) is 10.8. The molecule has 0 saturated carbocycles. The summed E-state index contributed by atoms with van der Waals surface area (Å²) < 4.78 is 6.04. The second-order valence-electron chi connectivity index (χ2n) is 5.14. The van der Waals surface area contributed by atoms with E-state index < -0.39 is 0 Å². The lowest BCUT2D eigenvalue weighted by Gasteiger charge is -2.40. The van der Waals surface area contributed by atoms with E-state index in [-0.39, 0.29) is 4.75 Å². The molecule has 1 heterocycles. The van der Waals surface area contributed by atoms with Crippen molar-refractivity contribution in [2.75, 3.05) is 6.61 Å². The minimum atomic E-state index is 0.0741. The van der Waals surface area contributed by atoms with E-state index in [2.05, 4.69) is 27.7 Å². The van der Waals surface area contributed by atoms with E-state index in [0.717, 1.165) is 6.61 Å². The lowest BCUT2D eigenvalue weighted by atomic mass is 9.80. The Kier molecular flexibility index (Phi) is 4.32. The first kappa shape index (κ1) is 12.4. The Morgan fingerprint density at radius 1 is 1.21 bits per heavy atom. The smallest absolute Gasteiger partial charge is 0.0744 e. The number of hydrogen-bond acceptors (Lipinski definition) is 2. The molecule has 2 atom stereocenters. The molecule has 2 unspecified atom stereocenters. The van der Waals surface area contributed by atoms with Gasteiger partial charge < -0.3 is 4.74 Å². The van der Waals surface area contributed by atoms with Gasteiger partial charge in [-0.25, -0.2) is 0 Å². The van der Waals surface area contributed by atoms with Crippen LogP contribution in [0.2, 0.25) is 0 Å². The second kappa shape index (κ2) is 4.89. The van der Waals surface area contributed by atoms with E-state index in [1.54, 1.807) is 0 Å². The lowest BCUT2D eigenvalue weighted by molar-refractivity contribution is -0.00428. The molecule has 1 rings (SSSR count). The van der Waals surface area contributed by atoms with Crippen molar-refractivity contribution in [2.45, 2.75) is 57.8 Å².